The lowest BCUT2D eigenvalue weighted by molar-refractivity contribution is -0.141. The van der Waals surface area contributed by atoms with Crippen LogP contribution in [0.25, 0.3) is 11.2 Å². The number of nitrogens with one attached hydrogen (secondary N) is 1. The third-order valence-electron chi connectivity index (χ3n) is 3.75. The third kappa shape index (κ3) is 3.72. The lowest BCUT2D eigenvalue weighted by Gasteiger charge is -2.30. The average molecular weight is 328 g/mol. The Morgan fingerprint density at radius 2 is 2.13 bits per heavy atom. The molecule has 0 spiro atoms. The smallest absolute Gasteiger partial charge is 0.405 e. The van der Waals surface area contributed by atoms with Gasteiger partial charge in [0, 0.05) is 25.2 Å². The van der Waals surface area contributed by atoms with Crippen molar-refractivity contribution < 1.29 is 22.4 Å². The maximum absolute atomic E-state index is 12.1. The highest BCUT2D eigenvalue weighted by atomic mass is 19.4. The van der Waals surface area contributed by atoms with E-state index in [-0.39, 0.29) is 0 Å². The number of carbonyl (C=O) groups is 1. The zero-order valence-corrected chi connectivity index (χ0v) is 12.1. The number of oxazole rings is 1. The first-order valence-electron chi connectivity index (χ1n) is 7.23. The standard InChI is InChI=1S/C14H15F3N4O2/c15-14(16,17)8-19-12(22)9-3-6-21(7-4-9)13-20-11-10(23-13)2-1-5-18-11/h1-2,5,9H,3-4,6-8H2,(H,19,22). The van der Waals surface area contributed by atoms with Gasteiger partial charge in [-0.25, -0.2) is 4.98 Å². The van der Waals surface area contributed by atoms with Gasteiger partial charge in [0.25, 0.3) is 6.01 Å². The predicted octanol–water partition coefficient (Wildman–Crippen LogP) is 2.12. The quantitative estimate of drug-likeness (QED) is 0.934. The number of nitrogens with zero attached hydrogens (tertiary/aromatic N) is 3. The van der Waals surface area contributed by atoms with E-state index in [1.165, 1.54) is 0 Å². The van der Waals surface area contributed by atoms with Gasteiger partial charge in [0.2, 0.25) is 11.6 Å². The maximum Gasteiger partial charge on any atom is 0.405 e. The minimum Gasteiger partial charge on any atom is -0.422 e. The molecular weight excluding hydrogens is 313 g/mol. The second-order valence-corrected chi connectivity index (χ2v) is 5.42. The predicted molar refractivity (Wildman–Crippen MR) is 75.8 cm³/mol. The molecule has 1 N–H and O–H groups in total. The molecule has 23 heavy (non-hydrogen) atoms. The molecule has 3 heterocycles. The Hall–Kier alpha value is -2.32. The van der Waals surface area contributed by atoms with Crippen molar-refractivity contribution in [2.75, 3.05) is 24.5 Å². The fourth-order valence-corrected chi connectivity index (χ4v) is 2.56. The van der Waals surface area contributed by atoms with Crippen LogP contribution in [0.5, 0.6) is 0 Å². The molecule has 1 saturated heterocycles. The first-order valence-corrected chi connectivity index (χ1v) is 7.23. The van der Waals surface area contributed by atoms with Crippen LogP contribution in [0, 0.1) is 5.92 Å². The van der Waals surface area contributed by atoms with E-state index in [9.17, 15) is 18.0 Å². The number of carbonyl (C=O) groups excluding carboxylic acids is 1. The molecule has 0 radical (unpaired) electrons. The molecule has 0 saturated carbocycles. The highest BCUT2D eigenvalue weighted by Crippen LogP contribution is 2.25. The number of piperidine rings is 1. The van der Waals surface area contributed by atoms with E-state index in [1.54, 1.807) is 18.3 Å². The van der Waals surface area contributed by atoms with E-state index in [0.29, 0.717) is 43.2 Å². The number of anilines is 1. The zero-order valence-electron chi connectivity index (χ0n) is 12.1. The Labute approximate surface area is 129 Å². The normalized spacial score (nSPS) is 16.7. The number of pyridine rings is 1. The van der Waals surface area contributed by atoms with Crippen LogP contribution in [0.15, 0.2) is 22.7 Å². The molecule has 0 bridgehead atoms. The minimum absolute atomic E-state index is 0.420. The van der Waals surface area contributed by atoms with Crippen LogP contribution in [-0.2, 0) is 4.79 Å². The summed E-state index contributed by atoms with van der Waals surface area (Å²) >= 11 is 0. The van der Waals surface area contributed by atoms with Crippen molar-refractivity contribution >= 4 is 23.2 Å². The van der Waals surface area contributed by atoms with E-state index in [2.05, 4.69) is 9.97 Å². The van der Waals surface area contributed by atoms with Crippen LogP contribution in [0.2, 0.25) is 0 Å². The summed E-state index contributed by atoms with van der Waals surface area (Å²) in [4.78, 5) is 22.0. The van der Waals surface area contributed by atoms with E-state index in [1.807, 2.05) is 10.2 Å². The van der Waals surface area contributed by atoms with Gasteiger partial charge in [0.1, 0.15) is 6.54 Å². The third-order valence-corrected chi connectivity index (χ3v) is 3.75. The number of alkyl halides is 3. The number of amides is 1. The molecule has 2 aromatic heterocycles. The highest BCUT2D eigenvalue weighted by molar-refractivity contribution is 5.79. The fraction of sp³-hybridized carbons (Fsp3) is 0.500. The van der Waals surface area contributed by atoms with Crippen LogP contribution in [0.4, 0.5) is 19.2 Å². The molecule has 0 atom stereocenters. The molecule has 3 rings (SSSR count). The molecule has 1 aliphatic heterocycles. The number of rotatable bonds is 3. The molecule has 0 aliphatic carbocycles. The van der Waals surface area contributed by atoms with Gasteiger partial charge in [0.05, 0.1) is 0 Å². The summed E-state index contributed by atoms with van der Waals surface area (Å²) < 4.78 is 42.0. The molecule has 1 aliphatic rings. The number of hydrogen-bond donors (Lipinski definition) is 1. The fourth-order valence-electron chi connectivity index (χ4n) is 2.56. The van der Waals surface area contributed by atoms with E-state index in [4.69, 9.17) is 4.42 Å². The number of hydrogen-bond acceptors (Lipinski definition) is 5. The van der Waals surface area contributed by atoms with Crippen molar-refractivity contribution in [2.45, 2.75) is 19.0 Å². The van der Waals surface area contributed by atoms with Crippen molar-refractivity contribution in [3.8, 4) is 0 Å². The molecule has 0 aromatic carbocycles. The van der Waals surface area contributed by atoms with Crippen LogP contribution in [0.3, 0.4) is 0 Å². The summed E-state index contributed by atoms with van der Waals surface area (Å²) in [7, 11) is 0. The van der Waals surface area contributed by atoms with Gasteiger partial charge in [0.15, 0.2) is 5.58 Å². The summed E-state index contributed by atoms with van der Waals surface area (Å²) in [6.07, 6.45) is -1.86. The Morgan fingerprint density at radius 3 is 2.78 bits per heavy atom. The topological polar surface area (TPSA) is 71.3 Å². The number of fused-ring (bicyclic) bond motifs is 1. The molecule has 124 valence electrons. The number of aromatic nitrogens is 2. The molecular formula is C14H15F3N4O2. The van der Waals surface area contributed by atoms with Gasteiger partial charge >= 0.3 is 6.18 Å². The maximum atomic E-state index is 12.1. The average Bonchev–Trinajstić information content (AvgIpc) is 2.96. The SMILES string of the molecule is O=C(NCC(F)(F)F)C1CCN(c2nc3ncccc3o2)CC1. The lowest BCUT2D eigenvalue weighted by Crippen LogP contribution is -2.43. The summed E-state index contributed by atoms with van der Waals surface area (Å²) in [5.41, 5.74) is 1.08. The van der Waals surface area contributed by atoms with Crippen LogP contribution >= 0.6 is 0 Å². The zero-order chi connectivity index (χ0) is 16.4. The van der Waals surface area contributed by atoms with E-state index < -0.39 is 24.5 Å². The summed E-state index contributed by atoms with van der Waals surface area (Å²) in [5.74, 6) is -0.975. The van der Waals surface area contributed by atoms with Gasteiger partial charge in [-0.15, -0.1) is 0 Å². The van der Waals surface area contributed by atoms with Crippen molar-refractivity contribution in [1.29, 1.82) is 0 Å². The molecule has 9 heteroatoms. The van der Waals surface area contributed by atoms with Crippen LogP contribution < -0.4 is 10.2 Å². The van der Waals surface area contributed by atoms with Gasteiger partial charge in [-0.3, -0.25) is 4.79 Å². The molecule has 1 amide bonds. The Bertz CT molecular complexity index is 660. The van der Waals surface area contributed by atoms with Gasteiger partial charge in [-0.05, 0) is 25.0 Å². The molecule has 1 fully saturated rings. The van der Waals surface area contributed by atoms with Crippen molar-refractivity contribution in [2.24, 2.45) is 5.92 Å². The monoisotopic (exact) mass is 328 g/mol. The lowest BCUT2D eigenvalue weighted by atomic mass is 9.96. The van der Waals surface area contributed by atoms with E-state index >= 15 is 0 Å². The highest BCUT2D eigenvalue weighted by Gasteiger charge is 2.31. The number of halogens is 3. The first-order chi connectivity index (χ1) is 10.9. The van der Waals surface area contributed by atoms with Crippen molar-refractivity contribution in [1.82, 2.24) is 15.3 Å². The van der Waals surface area contributed by atoms with Crippen molar-refractivity contribution in [3.63, 3.8) is 0 Å². The summed E-state index contributed by atoms with van der Waals surface area (Å²) in [6.45, 7) is -0.295. The van der Waals surface area contributed by atoms with Gasteiger partial charge in [-0.2, -0.15) is 18.2 Å². The first kappa shape index (κ1) is 15.6. The Morgan fingerprint density at radius 1 is 1.39 bits per heavy atom. The van der Waals surface area contributed by atoms with Crippen LogP contribution in [0.1, 0.15) is 12.8 Å². The molecule has 6 nitrogen and oxygen atoms in total. The Kier molecular flexibility index (Phi) is 4.10. The van der Waals surface area contributed by atoms with Crippen molar-refractivity contribution in [3.05, 3.63) is 18.3 Å². The second kappa shape index (κ2) is 6.05. The largest absolute Gasteiger partial charge is 0.422 e. The summed E-state index contributed by atoms with van der Waals surface area (Å²) in [6, 6.07) is 3.93. The summed E-state index contributed by atoms with van der Waals surface area (Å²) in [5, 5.41) is 1.94. The second-order valence-electron chi connectivity index (χ2n) is 5.42. The van der Waals surface area contributed by atoms with Gasteiger partial charge in [-0.1, -0.05) is 0 Å². The van der Waals surface area contributed by atoms with Crippen LogP contribution in [-0.4, -0.2) is 41.7 Å². The minimum atomic E-state index is -4.39. The Balaban J connectivity index is 1.56. The van der Waals surface area contributed by atoms with E-state index in [0.717, 1.165) is 0 Å². The molecule has 0 unspecified atom stereocenters. The molecule has 2 aromatic rings. The van der Waals surface area contributed by atoms with Gasteiger partial charge < -0.3 is 14.6 Å².